The second-order valence-electron chi connectivity index (χ2n) is 8.30. The van der Waals surface area contributed by atoms with Crippen molar-refractivity contribution in [3.8, 4) is 10.9 Å². The van der Waals surface area contributed by atoms with Gasteiger partial charge in [0.15, 0.2) is 10.9 Å². The topological polar surface area (TPSA) is 61.2 Å². The number of ketones is 1. The molecule has 174 valence electrons. The van der Waals surface area contributed by atoms with Gasteiger partial charge >= 0.3 is 0 Å². The number of Topliss-reactive ketones (excluding diaryl/α,β-unsaturated/α-hetero) is 1. The Morgan fingerprint density at radius 3 is 2.34 bits per heavy atom. The van der Waals surface area contributed by atoms with Crippen LogP contribution in [0.15, 0.2) is 95.9 Å². The van der Waals surface area contributed by atoms with Gasteiger partial charge in [-0.1, -0.05) is 78.1 Å². The van der Waals surface area contributed by atoms with Gasteiger partial charge in [-0.25, -0.2) is 4.98 Å². The highest BCUT2D eigenvalue weighted by molar-refractivity contribution is 7.16. The van der Waals surface area contributed by atoms with Crippen LogP contribution in [0, 0.1) is 6.92 Å². The highest BCUT2D eigenvalue weighted by Gasteiger charge is 2.18. The molecule has 0 saturated carbocycles. The first-order chi connectivity index (χ1) is 17.1. The van der Waals surface area contributed by atoms with E-state index in [0.717, 1.165) is 16.5 Å². The molecule has 0 N–H and O–H groups in total. The number of ether oxygens (including phenoxy) is 1. The van der Waals surface area contributed by atoms with E-state index < -0.39 is 0 Å². The zero-order valence-corrected chi connectivity index (χ0v) is 20.1. The summed E-state index contributed by atoms with van der Waals surface area (Å²) in [5, 5.41) is 1.79. The number of fused-ring (bicyclic) bond motifs is 1. The summed E-state index contributed by atoms with van der Waals surface area (Å²) in [5.74, 6) is 0.697. The van der Waals surface area contributed by atoms with E-state index in [1.165, 1.54) is 15.9 Å². The van der Waals surface area contributed by atoms with E-state index in [-0.39, 0.29) is 11.3 Å². The summed E-state index contributed by atoms with van der Waals surface area (Å²) in [6.07, 6.45) is 2.78. The molecule has 0 atom stereocenters. The second-order valence-corrected chi connectivity index (χ2v) is 9.28. The maximum absolute atomic E-state index is 13.3. The quantitative estimate of drug-likeness (QED) is 0.250. The van der Waals surface area contributed by atoms with Crippen LogP contribution in [-0.2, 0) is 13.0 Å². The van der Waals surface area contributed by atoms with Gasteiger partial charge in [0.25, 0.3) is 5.56 Å². The van der Waals surface area contributed by atoms with Crippen LogP contribution in [0.3, 0.4) is 0 Å². The van der Waals surface area contributed by atoms with Gasteiger partial charge in [0.2, 0.25) is 0 Å². The summed E-state index contributed by atoms with van der Waals surface area (Å²) in [6.45, 7) is 2.24. The van der Waals surface area contributed by atoms with Crippen LogP contribution in [-0.4, -0.2) is 15.3 Å². The second kappa shape index (κ2) is 10.1. The van der Waals surface area contributed by atoms with E-state index in [2.05, 4.69) is 4.98 Å². The molecule has 0 bridgehead atoms. The lowest BCUT2D eigenvalue weighted by Crippen LogP contribution is -2.17. The predicted octanol–water partition coefficient (Wildman–Crippen LogP) is 6.15. The first-order valence-corrected chi connectivity index (χ1v) is 12.3. The Morgan fingerprint density at radius 1 is 0.886 bits per heavy atom. The van der Waals surface area contributed by atoms with Crippen LogP contribution in [0.25, 0.3) is 15.9 Å². The molecule has 0 fully saturated rings. The Labute approximate surface area is 207 Å². The van der Waals surface area contributed by atoms with Crippen molar-refractivity contribution in [2.75, 3.05) is 0 Å². The fourth-order valence-corrected chi connectivity index (χ4v) is 5.04. The van der Waals surface area contributed by atoms with Gasteiger partial charge in [-0.05, 0) is 42.7 Å². The van der Waals surface area contributed by atoms with Crippen molar-refractivity contribution in [2.24, 2.45) is 0 Å². The zero-order chi connectivity index (χ0) is 24.2. The SMILES string of the molecule is Cc1nc(-n2ccc3c(OCc4ccccc4)cccc3c2=O)sc1C(=O)CCc1ccccc1. The summed E-state index contributed by atoms with van der Waals surface area (Å²) < 4.78 is 7.53. The average molecular weight is 481 g/mol. The van der Waals surface area contributed by atoms with E-state index in [1.54, 1.807) is 12.3 Å². The van der Waals surface area contributed by atoms with Crippen LogP contribution in [0.5, 0.6) is 5.75 Å². The van der Waals surface area contributed by atoms with Crippen molar-refractivity contribution >= 4 is 27.9 Å². The van der Waals surface area contributed by atoms with Crippen molar-refractivity contribution in [2.45, 2.75) is 26.4 Å². The van der Waals surface area contributed by atoms with E-state index in [4.69, 9.17) is 4.74 Å². The molecule has 0 aliphatic rings. The third-order valence-electron chi connectivity index (χ3n) is 5.87. The minimum Gasteiger partial charge on any atom is -0.488 e. The molecule has 35 heavy (non-hydrogen) atoms. The summed E-state index contributed by atoms with van der Waals surface area (Å²) in [5.41, 5.74) is 2.64. The van der Waals surface area contributed by atoms with Crippen molar-refractivity contribution in [1.82, 2.24) is 9.55 Å². The summed E-state index contributed by atoms with van der Waals surface area (Å²) in [4.78, 5) is 31.4. The van der Waals surface area contributed by atoms with Crippen molar-refractivity contribution in [1.29, 1.82) is 0 Å². The molecular formula is C29H24N2O3S. The fourth-order valence-electron chi connectivity index (χ4n) is 4.02. The van der Waals surface area contributed by atoms with E-state index >= 15 is 0 Å². The molecular weight excluding hydrogens is 456 g/mol. The highest BCUT2D eigenvalue weighted by atomic mass is 32.1. The molecule has 0 spiro atoms. The lowest BCUT2D eigenvalue weighted by atomic mass is 10.1. The van der Waals surface area contributed by atoms with Crippen molar-refractivity contribution in [3.05, 3.63) is 123 Å². The molecule has 0 unspecified atom stereocenters. The number of aryl methyl sites for hydroxylation is 2. The standard InChI is InChI=1S/C29H24N2O3S/c1-20-27(25(32)16-15-21-9-4-2-5-10-21)35-29(30-20)31-18-17-23-24(28(31)33)13-8-14-26(23)34-19-22-11-6-3-7-12-22/h2-14,17-18H,15-16,19H2,1H3. The van der Waals surface area contributed by atoms with Crippen LogP contribution in [0.4, 0.5) is 0 Å². The minimum absolute atomic E-state index is 0.0422. The highest BCUT2D eigenvalue weighted by Crippen LogP contribution is 2.27. The Kier molecular flexibility index (Phi) is 6.55. The molecule has 0 radical (unpaired) electrons. The lowest BCUT2D eigenvalue weighted by molar-refractivity contribution is 0.0986. The van der Waals surface area contributed by atoms with Crippen molar-refractivity contribution in [3.63, 3.8) is 0 Å². The van der Waals surface area contributed by atoms with Crippen LogP contribution in [0.1, 0.15) is 32.9 Å². The number of pyridine rings is 1. The molecule has 6 heteroatoms. The van der Waals surface area contributed by atoms with Gasteiger partial charge in [-0.3, -0.25) is 14.2 Å². The van der Waals surface area contributed by atoms with E-state index in [0.29, 0.717) is 46.3 Å². The predicted molar refractivity (Wildman–Crippen MR) is 140 cm³/mol. The van der Waals surface area contributed by atoms with Gasteiger partial charge in [0.1, 0.15) is 12.4 Å². The summed E-state index contributed by atoms with van der Waals surface area (Å²) in [6, 6.07) is 27.2. The average Bonchev–Trinajstić information content (AvgIpc) is 3.29. The van der Waals surface area contributed by atoms with Gasteiger partial charge in [-0.2, -0.15) is 0 Å². The molecule has 0 aliphatic heterocycles. The van der Waals surface area contributed by atoms with E-state index in [9.17, 15) is 9.59 Å². The number of nitrogens with zero attached hydrogens (tertiary/aromatic N) is 2. The number of rotatable bonds is 8. The maximum Gasteiger partial charge on any atom is 0.264 e. The first kappa shape index (κ1) is 22.7. The number of hydrogen-bond acceptors (Lipinski definition) is 5. The molecule has 5 aromatic rings. The first-order valence-electron chi connectivity index (χ1n) is 11.5. The molecule has 2 aromatic heterocycles. The fraction of sp³-hybridized carbons (Fsp3) is 0.138. The van der Waals surface area contributed by atoms with Gasteiger partial charge in [0, 0.05) is 18.0 Å². The van der Waals surface area contributed by atoms with Crippen molar-refractivity contribution < 1.29 is 9.53 Å². The normalized spacial score (nSPS) is 11.0. The monoisotopic (exact) mass is 480 g/mol. The largest absolute Gasteiger partial charge is 0.488 e. The van der Waals surface area contributed by atoms with Crippen LogP contribution in [0.2, 0.25) is 0 Å². The Bertz CT molecular complexity index is 1540. The lowest BCUT2D eigenvalue weighted by Gasteiger charge is -2.10. The molecule has 5 rings (SSSR count). The Morgan fingerprint density at radius 2 is 1.60 bits per heavy atom. The van der Waals surface area contributed by atoms with Gasteiger partial charge < -0.3 is 4.74 Å². The number of thiazole rings is 1. The molecule has 0 aliphatic carbocycles. The smallest absolute Gasteiger partial charge is 0.264 e. The molecule has 5 nitrogen and oxygen atoms in total. The molecule has 3 aromatic carbocycles. The number of aromatic nitrogens is 2. The molecule has 2 heterocycles. The number of carbonyl (C=O) groups excluding carboxylic acids is 1. The van der Waals surface area contributed by atoms with Gasteiger partial charge in [-0.15, -0.1) is 0 Å². The Hall–Kier alpha value is -4.03. The summed E-state index contributed by atoms with van der Waals surface area (Å²) in [7, 11) is 0. The van der Waals surface area contributed by atoms with Crippen LogP contribution < -0.4 is 10.3 Å². The number of hydrogen-bond donors (Lipinski definition) is 0. The van der Waals surface area contributed by atoms with E-state index in [1.807, 2.05) is 85.8 Å². The Balaban J connectivity index is 1.39. The third kappa shape index (κ3) is 4.93. The molecule has 0 amide bonds. The van der Waals surface area contributed by atoms with Gasteiger partial charge in [0.05, 0.1) is 16.0 Å². The summed E-state index contributed by atoms with van der Waals surface area (Å²) >= 11 is 1.26. The minimum atomic E-state index is -0.190. The molecule has 0 saturated heterocycles. The number of carbonyl (C=O) groups is 1. The number of benzene rings is 3. The zero-order valence-electron chi connectivity index (χ0n) is 19.3. The third-order valence-corrected chi connectivity index (χ3v) is 7.07. The maximum atomic E-state index is 13.3. The van der Waals surface area contributed by atoms with Crippen LogP contribution >= 0.6 is 11.3 Å².